The highest BCUT2D eigenvalue weighted by Gasteiger charge is 2.12. The lowest BCUT2D eigenvalue weighted by Gasteiger charge is -2.23. The Morgan fingerprint density at radius 1 is 1.20 bits per heavy atom. The average Bonchev–Trinajstić information content (AvgIpc) is 2.28. The van der Waals surface area contributed by atoms with Gasteiger partial charge in [0.2, 0.25) is 0 Å². The molecule has 0 aliphatic heterocycles. The molecular weight excluding hydrogens is 182 g/mol. The molecule has 1 rings (SSSR count). The molecule has 1 aliphatic carbocycles. The van der Waals surface area contributed by atoms with E-state index >= 15 is 0 Å². The molecule has 0 heterocycles. The van der Waals surface area contributed by atoms with Gasteiger partial charge in [-0.25, -0.2) is 0 Å². The molecule has 0 aromatic carbocycles. The first-order valence-corrected chi connectivity index (χ1v) is 6.75. The standard InChI is InChI=1S/C14H27N/c1-3-8-14(9-4-2)15-12-13-10-6-5-7-11-13/h5-6,13-15H,3-4,7-12H2,1-2H3. The molecule has 0 aromatic heterocycles. The van der Waals surface area contributed by atoms with Gasteiger partial charge in [0.15, 0.2) is 0 Å². The van der Waals surface area contributed by atoms with E-state index in [4.69, 9.17) is 0 Å². The van der Waals surface area contributed by atoms with E-state index < -0.39 is 0 Å². The molecule has 0 radical (unpaired) electrons. The molecule has 1 heteroatoms. The highest BCUT2D eigenvalue weighted by molar-refractivity contribution is 4.90. The lowest BCUT2D eigenvalue weighted by Crippen LogP contribution is -2.33. The van der Waals surface area contributed by atoms with E-state index in [0.717, 1.165) is 12.0 Å². The zero-order valence-electron chi connectivity index (χ0n) is 10.5. The lowest BCUT2D eigenvalue weighted by molar-refractivity contribution is 0.374. The van der Waals surface area contributed by atoms with Crippen molar-refractivity contribution in [3.63, 3.8) is 0 Å². The Bertz CT molecular complexity index is 168. The number of hydrogen-bond acceptors (Lipinski definition) is 1. The summed E-state index contributed by atoms with van der Waals surface area (Å²) < 4.78 is 0. The maximum Gasteiger partial charge on any atom is 0.00669 e. The van der Waals surface area contributed by atoms with E-state index in [2.05, 4.69) is 31.3 Å². The largest absolute Gasteiger partial charge is 0.314 e. The van der Waals surface area contributed by atoms with E-state index in [1.165, 1.54) is 51.5 Å². The number of nitrogens with one attached hydrogen (secondary N) is 1. The van der Waals surface area contributed by atoms with Gasteiger partial charge in [-0.1, -0.05) is 38.8 Å². The third kappa shape index (κ3) is 5.36. The smallest absolute Gasteiger partial charge is 0.00669 e. The first kappa shape index (κ1) is 12.8. The van der Waals surface area contributed by atoms with Crippen molar-refractivity contribution in [3.8, 4) is 0 Å². The Morgan fingerprint density at radius 2 is 1.93 bits per heavy atom. The van der Waals surface area contributed by atoms with Crippen LogP contribution in [-0.4, -0.2) is 12.6 Å². The van der Waals surface area contributed by atoms with Crippen LogP contribution in [0, 0.1) is 5.92 Å². The van der Waals surface area contributed by atoms with E-state index in [0.29, 0.717) is 0 Å². The second-order valence-corrected chi connectivity index (χ2v) is 4.83. The summed E-state index contributed by atoms with van der Waals surface area (Å²) in [5, 5.41) is 3.76. The molecule has 15 heavy (non-hydrogen) atoms. The molecular formula is C14H27N. The van der Waals surface area contributed by atoms with E-state index in [1.54, 1.807) is 0 Å². The molecule has 0 saturated carbocycles. The zero-order valence-corrected chi connectivity index (χ0v) is 10.5. The van der Waals surface area contributed by atoms with Gasteiger partial charge < -0.3 is 5.32 Å². The van der Waals surface area contributed by atoms with Crippen molar-refractivity contribution in [2.75, 3.05) is 6.54 Å². The monoisotopic (exact) mass is 209 g/mol. The Morgan fingerprint density at radius 3 is 2.47 bits per heavy atom. The van der Waals surface area contributed by atoms with Gasteiger partial charge in [0.25, 0.3) is 0 Å². The zero-order chi connectivity index (χ0) is 10.9. The lowest BCUT2D eigenvalue weighted by atomic mass is 9.94. The number of hydrogen-bond donors (Lipinski definition) is 1. The second-order valence-electron chi connectivity index (χ2n) is 4.83. The van der Waals surface area contributed by atoms with Crippen LogP contribution in [0.3, 0.4) is 0 Å². The Kier molecular flexibility index (Phi) is 6.74. The maximum absolute atomic E-state index is 3.76. The van der Waals surface area contributed by atoms with Crippen molar-refractivity contribution in [3.05, 3.63) is 12.2 Å². The SMILES string of the molecule is CCCC(CCC)NCC1CC=CCC1. The summed E-state index contributed by atoms with van der Waals surface area (Å²) in [5.41, 5.74) is 0. The second kappa shape index (κ2) is 7.92. The van der Waals surface area contributed by atoms with Gasteiger partial charge in [-0.3, -0.25) is 0 Å². The van der Waals surface area contributed by atoms with Gasteiger partial charge >= 0.3 is 0 Å². The van der Waals surface area contributed by atoms with Crippen molar-refractivity contribution in [2.45, 2.75) is 64.8 Å². The molecule has 0 spiro atoms. The van der Waals surface area contributed by atoms with Gasteiger partial charge in [-0.15, -0.1) is 0 Å². The fraction of sp³-hybridized carbons (Fsp3) is 0.857. The molecule has 0 bridgehead atoms. The Balaban J connectivity index is 2.16. The summed E-state index contributed by atoms with van der Waals surface area (Å²) in [6.45, 7) is 5.80. The third-order valence-corrected chi connectivity index (χ3v) is 3.35. The highest BCUT2D eigenvalue weighted by Crippen LogP contribution is 2.17. The van der Waals surface area contributed by atoms with Gasteiger partial charge in [0.05, 0.1) is 0 Å². The summed E-state index contributed by atoms with van der Waals surface area (Å²) in [4.78, 5) is 0. The molecule has 1 nitrogen and oxygen atoms in total. The van der Waals surface area contributed by atoms with Gasteiger partial charge in [0, 0.05) is 6.04 Å². The minimum absolute atomic E-state index is 0.769. The van der Waals surface area contributed by atoms with Gasteiger partial charge in [-0.05, 0) is 44.6 Å². The fourth-order valence-corrected chi connectivity index (χ4v) is 2.42. The van der Waals surface area contributed by atoms with Gasteiger partial charge in [-0.2, -0.15) is 0 Å². The number of rotatable bonds is 7. The third-order valence-electron chi connectivity index (χ3n) is 3.35. The quantitative estimate of drug-likeness (QED) is 0.627. The van der Waals surface area contributed by atoms with Crippen LogP contribution in [0.15, 0.2) is 12.2 Å². The minimum atomic E-state index is 0.769. The first-order valence-electron chi connectivity index (χ1n) is 6.75. The van der Waals surface area contributed by atoms with Crippen LogP contribution in [0.1, 0.15) is 58.8 Å². The Hall–Kier alpha value is -0.300. The summed E-state index contributed by atoms with van der Waals surface area (Å²) in [6, 6.07) is 0.769. The molecule has 0 aromatic rings. The topological polar surface area (TPSA) is 12.0 Å². The molecule has 88 valence electrons. The van der Waals surface area contributed by atoms with Crippen molar-refractivity contribution in [1.82, 2.24) is 5.32 Å². The Labute approximate surface area is 95.3 Å². The molecule has 0 amide bonds. The van der Waals surface area contributed by atoms with Crippen molar-refractivity contribution in [2.24, 2.45) is 5.92 Å². The van der Waals surface area contributed by atoms with E-state index in [1.807, 2.05) is 0 Å². The fourth-order valence-electron chi connectivity index (χ4n) is 2.42. The summed E-state index contributed by atoms with van der Waals surface area (Å²) in [7, 11) is 0. The summed E-state index contributed by atoms with van der Waals surface area (Å²) in [6.07, 6.45) is 13.9. The van der Waals surface area contributed by atoms with Crippen LogP contribution in [0.5, 0.6) is 0 Å². The molecule has 1 unspecified atom stereocenters. The number of allylic oxidation sites excluding steroid dienone is 2. The van der Waals surface area contributed by atoms with Crippen molar-refractivity contribution >= 4 is 0 Å². The van der Waals surface area contributed by atoms with Crippen LogP contribution in [-0.2, 0) is 0 Å². The van der Waals surface area contributed by atoms with Gasteiger partial charge in [0.1, 0.15) is 0 Å². The molecule has 1 aliphatic rings. The van der Waals surface area contributed by atoms with Crippen LogP contribution in [0.25, 0.3) is 0 Å². The maximum atomic E-state index is 3.76. The van der Waals surface area contributed by atoms with Crippen molar-refractivity contribution < 1.29 is 0 Å². The molecule has 0 fully saturated rings. The highest BCUT2D eigenvalue weighted by atomic mass is 14.9. The first-order chi connectivity index (χ1) is 7.36. The van der Waals surface area contributed by atoms with Crippen LogP contribution in [0.2, 0.25) is 0 Å². The van der Waals surface area contributed by atoms with Crippen molar-refractivity contribution in [1.29, 1.82) is 0 Å². The summed E-state index contributed by atoms with van der Waals surface area (Å²) in [5.74, 6) is 0.895. The molecule has 1 N–H and O–H groups in total. The molecule has 1 atom stereocenters. The van der Waals surface area contributed by atoms with Crippen LogP contribution < -0.4 is 5.32 Å². The normalized spacial score (nSPS) is 21.1. The average molecular weight is 209 g/mol. The summed E-state index contributed by atoms with van der Waals surface area (Å²) >= 11 is 0. The van der Waals surface area contributed by atoms with Crippen LogP contribution in [0.4, 0.5) is 0 Å². The molecule has 0 saturated heterocycles. The van der Waals surface area contributed by atoms with Crippen LogP contribution >= 0.6 is 0 Å². The predicted molar refractivity (Wildman–Crippen MR) is 68.1 cm³/mol. The van der Waals surface area contributed by atoms with E-state index in [9.17, 15) is 0 Å². The van der Waals surface area contributed by atoms with E-state index in [-0.39, 0.29) is 0 Å². The predicted octanol–water partition coefficient (Wildman–Crippen LogP) is 3.90. The minimum Gasteiger partial charge on any atom is -0.314 e.